The number of aromatic nitrogens is 4. The van der Waals surface area contributed by atoms with Crippen molar-refractivity contribution < 1.29 is 4.39 Å². The first-order valence-electron chi connectivity index (χ1n) is 8.94. The number of H-pyrrole nitrogens is 1. The lowest BCUT2D eigenvalue weighted by atomic mass is 10.1. The van der Waals surface area contributed by atoms with Gasteiger partial charge in [0.2, 0.25) is 0 Å². The molecule has 0 unspecified atom stereocenters. The fourth-order valence-corrected chi connectivity index (χ4v) is 3.32. The molecule has 0 bridgehead atoms. The van der Waals surface area contributed by atoms with E-state index in [9.17, 15) is 4.39 Å². The first kappa shape index (κ1) is 16.4. The van der Waals surface area contributed by atoms with E-state index in [0.717, 1.165) is 21.8 Å². The van der Waals surface area contributed by atoms with Gasteiger partial charge in [0.1, 0.15) is 12.5 Å². The number of rotatable bonds is 4. The molecule has 0 aliphatic heterocycles. The monoisotopic (exact) mass is 369 g/mol. The summed E-state index contributed by atoms with van der Waals surface area (Å²) in [7, 11) is 0. The van der Waals surface area contributed by atoms with E-state index in [0.29, 0.717) is 28.6 Å². The van der Waals surface area contributed by atoms with E-state index in [4.69, 9.17) is 4.98 Å². The number of fused-ring (bicyclic) bond motifs is 2. The number of nitrogens with zero attached hydrogens (tertiary/aromatic N) is 3. The number of hydrogen-bond acceptors (Lipinski definition) is 4. The Labute approximate surface area is 160 Å². The summed E-state index contributed by atoms with van der Waals surface area (Å²) in [6.45, 7) is -0.570. The highest BCUT2D eigenvalue weighted by Crippen LogP contribution is 2.30. The predicted octanol–water partition coefficient (Wildman–Crippen LogP) is 5.39. The molecule has 2 N–H and O–H groups in total. The fourth-order valence-electron chi connectivity index (χ4n) is 3.32. The predicted molar refractivity (Wildman–Crippen MR) is 109 cm³/mol. The van der Waals surface area contributed by atoms with Crippen molar-refractivity contribution in [3.05, 3.63) is 78.4 Å². The smallest absolute Gasteiger partial charge is 0.162 e. The Morgan fingerprint density at radius 3 is 2.43 bits per heavy atom. The maximum Gasteiger partial charge on any atom is 0.162 e. The Morgan fingerprint density at radius 2 is 1.54 bits per heavy atom. The second-order valence-electron chi connectivity index (χ2n) is 6.45. The fraction of sp³-hybridized carbons (Fsp3) is 0.0455. The summed E-state index contributed by atoms with van der Waals surface area (Å²) in [6, 6.07) is 22.9. The zero-order chi connectivity index (χ0) is 18.9. The number of alkyl halides is 1. The molecule has 0 aliphatic rings. The summed E-state index contributed by atoms with van der Waals surface area (Å²) in [4.78, 5) is 9.38. The third-order valence-electron chi connectivity index (χ3n) is 4.71. The van der Waals surface area contributed by atoms with E-state index >= 15 is 0 Å². The molecule has 28 heavy (non-hydrogen) atoms. The third kappa shape index (κ3) is 2.75. The summed E-state index contributed by atoms with van der Waals surface area (Å²) >= 11 is 0. The Hall–Kier alpha value is -3.80. The highest BCUT2D eigenvalue weighted by molar-refractivity contribution is 5.96. The van der Waals surface area contributed by atoms with Gasteiger partial charge in [0.05, 0.1) is 11.0 Å². The van der Waals surface area contributed by atoms with Crippen LogP contribution in [0.3, 0.4) is 0 Å². The topological polar surface area (TPSA) is 66.5 Å². The zero-order valence-corrected chi connectivity index (χ0v) is 14.9. The molecule has 5 aromatic rings. The number of nitrogens with one attached hydrogen (secondary N) is 2. The van der Waals surface area contributed by atoms with Crippen molar-refractivity contribution in [3.8, 4) is 11.4 Å². The van der Waals surface area contributed by atoms with E-state index in [2.05, 4.69) is 20.5 Å². The van der Waals surface area contributed by atoms with Crippen molar-refractivity contribution >= 4 is 33.4 Å². The maximum atomic E-state index is 13.5. The molecule has 0 saturated heterocycles. The van der Waals surface area contributed by atoms with E-state index < -0.39 is 6.67 Å². The van der Waals surface area contributed by atoms with Gasteiger partial charge in [-0.25, -0.2) is 14.4 Å². The van der Waals surface area contributed by atoms with Gasteiger partial charge >= 0.3 is 0 Å². The SMILES string of the molecule is FCc1ccccc1-c1nc(Nc2n[nH]c3ccccc23)c2ccccc2n1. The van der Waals surface area contributed by atoms with Gasteiger partial charge < -0.3 is 5.32 Å². The Bertz CT molecular complexity index is 1290. The second-order valence-corrected chi connectivity index (χ2v) is 6.45. The van der Waals surface area contributed by atoms with Crippen LogP contribution in [0.25, 0.3) is 33.2 Å². The highest BCUT2D eigenvalue weighted by Gasteiger charge is 2.14. The van der Waals surface area contributed by atoms with Crippen molar-refractivity contribution in [3.63, 3.8) is 0 Å². The molecule has 6 heteroatoms. The molecular weight excluding hydrogens is 353 g/mol. The molecule has 2 aromatic heterocycles. The quantitative estimate of drug-likeness (QED) is 0.446. The van der Waals surface area contributed by atoms with Gasteiger partial charge in [0.15, 0.2) is 11.6 Å². The Balaban J connectivity index is 1.69. The van der Waals surface area contributed by atoms with Gasteiger partial charge in [-0.15, -0.1) is 0 Å². The van der Waals surface area contributed by atoms with Crippen LogP contribution in [0, 0.1) is 0 Å². The summed E-state index contributed by atoms with van der Waals surface area (Å²) < 4.78 is 13.5. The lowest BCUT2D eigenvalue weighted by Gasteiger charge is -2.11. The van der Waals surface area contributed by atoms with Crippen LogP contribution in [0.15, 0.2) is 72.8 Å². The molecule has 0 aliphatic carbocycles. The number of para-hydroxylation sites is 2. The minimum Gasteiger partial charge on any atom is -0.322 e. The Morgan fingerprint density at radius 1 is 0.786 bits per heavy atom. The lowest BCUT2D eigenvalue weighted by Crippen LogP contribution is -2.01. The van der Waals surface area contributed by atoms with Crippen molar-refractivity contribution in [2.45, 2.75) is 6.67 Å². The summed E-state index contributed by atoms with van der Waals surface area (Å²) in [5.74, 6) is 1.80. The van der Waals surface area contributed by atoms with Crippen LogP contribution in [0.4, 0.5) is 16.0 Å². The van der Waals surface area contributed by atoms with Crippen LogP contribution in [0.1, 0.15) is 5.56 Å². The third-order valence-corrected chi connectivity index (χ3v) is 4.71. The first-order chi connectivity index (χ1) is 13.8. The van der Waals surface area contributed by atoms with Crippen LogP contribution in [0.5, 0.6) is 0 Å². The minimum atomic E-state index is -0.570. The minimum absolute atomic E-state index is 0.481. The van der Waals surface area contributed by atoms with Gasteiger partial charge in [-0.2, -0.15) is 5.10 Å². The van der Waals surface area contributed by atoms with Gasteiger partial charge in [0, 0.05) is 16.3 Å². The molecule has 2 heterocycles. The number of halogens is 1. The van der Waals surface area contributed by atoms with Gasteiger partial charge in [0.25, 0.3) is 0 Å². The largest absolute Gasteiger partial charge is 0.322 e. The van der Waals surface area contributed by atoms with Gasteiger partial charge in [-0.05, 0) is 29.8 Å². The summed E-state index contributed by atoms with van der Waals surface area (Å²) in [6.07, 6.45) is 0. The van der Waals surface area contributed by atoms with E-state index in [1.165, 1.54) is 0 Å². The molecule has 0 fully saturated rings. The summed E-state index contributed by atoms with van der Waals surface area (Å²) in [5, 5.41) is 12.6. The molecule has 0 saturated carbocycles. The first-order valence-corrected chi connectivity index (χ1v) is 8.94. The average molecular weight is 369 g/mol. The van der Waals surface area contributed by atoms with E-state index in [1.54, 1.807) is 6.07 Å². The van der Waals surface area contributed by atoms with Crippen molar-refractivity contribution in [1.29, 1.82) is 0 Å². The molecule has 5 rings (SSSR count). The van der Waals surface area contributed by atoms with E-state index in [1.807, 2.05) is 66.7 Å². The van der Waals surface area contributed by atoms with Crippen LogP contribution >= 0.6 is 0 Å². The Kier molecular flexibility index (Phi) is 3.94. The van der Waals surface area contributed by atoms with Crippen LogP contribution < -0.4 is 5.32 Å². The van der Waals surface area contributed by atoms with Gasteiger partial charge in [-0.3, -0.25) is 5.10 Å². The van der Waals surface area contributed by atoms with Crippen LogP contribution in [0.2, 0.25) is 0 Å². The molecular formula is C22H16FN5. The highest BCUT2D eigenvalue weighted by atomic mass is 19.1. The van der Waals surface area contributed by atoms with Gasteiger partial charge in [-0.1, -0.05) is 48.5 Å². The average Bonchev–Trinajstić information content (AvgIpc) is 3.16. The summed E-state index contributed by atoms with van der Waals surface area (Å²) in [5.41, 5.74) is 2.97. The number of hydrogen-bond donors (Lipinski definition) is 2. The van der Waals surface area contributed by atoms with Crippen molar-refractivity contribution in [2.24, 2.45) is 0 Å². The maximum absolute atomic E-state index is 13.5. The van der Waals surface area contributed by atoms with Crippen molar-refractivity contribution in [1.82, 2.24) is 20.2 Å². The molecule has 136 valence electrons. The van der Waals surface area contributed by atoms with Crippen molar-refractivity contribution in [2.75, 3.05) is 5.32 Å². The number of aromatic amines is 1. The van der Waals surface area contributed by atoms with Crippen LogP contribution in [-0.2, 0) is 6.67 Å². The number of anilines is 2. The molecule has 0 amide bonds. The molecule has 0 atom stereocenters. The molecule has 5 nitrogen and oxygen atoms in total. The van der Waals surface area contributed by atoms with Crippen LogP contribution in [-0.4, -0.2) is 20.2 Å². The standard InChI is InChI=1S/C22H16FN5/c23-13-14-7-1-2-8-15(14)20-24-18-11-5-3-9-16(18)21(25-20)26-22-17-10-4-6-12-19(17)27-28-22/h1-12H,13H2,(H2,24,25,26,27,28). The molecule has 0 radical (unpaired) electrons. The lowest BCUT2D eigenvalue weighted by molar-refractivity contribution is 0.486. The van der Waals surface area contributed by atoms with E-state index in [-0.39, 0.29) is 0 Å². The molecule has 0 spiro atoms. The number of benzene rings is 3. The normalized spacial score (nSPS) is 11.2. The zero-order valence-electron chi connectivity index (χ0n) is 14.9. The second kappa shape index (κ2) is 6.74. The molecule has 3 aromatic carbocycles.